The molecule has 0 spiro atoms. The first kappa shape index (κ1) is 28.6. The number of likely N-dealkylation sites (tertiary alicyclic amines) is 2. The fraction of sp³-hybridized carbons (Fsp3) is 0.438. The molecule has 224 valence electrons. The van der Waals surface area contributed by atoms with Crippen LogP contribution in [0.15, 0.2) is 61.4 Å². The molecule has 2 fully saturated rings. The van der Waals surface area contributed by atoms with E-state index in [1.54, 1.807) is 15.8 Å². The van der Waals surface area contributed by atoms with Crippen molar-refractivity contribution in [1.82, 2.24) is 39.3 Å². The van der Waals surface area contributed by atoms with Crippen LogP contribution in [-0.2, 0) is 16.1 Å². The number of nitrogens with zero attached hydrogens (tertiary/aromatic N) is 8. The van der Waals surface area contributed by atoms with Crippen molar-refractivity contribution in [3.05, 3.63) is 61.4 Å². The SMILES string of the molecule is CC(C)(C)OC(=O)N1CCC(n2cc(-c3cnc(-c4cccc(-c5cnn(CC(=O)N6CCCC6)c5)c4)nc3)cn2)CC1. The number of carbonyl (C=O) groups excluding carboxylic acids is 2. The first-order chi connectivity index (χ1) is 20.7. The Labute approximate surface area is 251 Å². The normalized spacial score (nSPS) is 16.1. The zero-order valence-electron chi connectivity index (χ0n) is 25.0. The molecule has 2 aliphatic heterocycles. The summed E-state index contributed by atoms with van der Waals surface area (Å²) in [5, 5.41) is 9.03. The first-order valence-electron chi connectivity index (χ1n) is 15.0. The molecule has 0 aliphatic carbocycles. The number of rotatable bonds is 6. The van der Waals surface area contributed by atoms with Crippen molar-refractivity contribution in [3.63, 3.8) is 0 Å². The van der Waals surface area contributed by atoms with Crippen molar-refractivity contribution in [2.24, 2.45) is 0 Å². The van der Waals surface area contributed by atoms with Crippen LogP contribution in [0, 0.1) is 0 Å². The van der Waals surface area contributed by atoms with Crippen molar-refractivity contribution in [3.8, 4) is 33.6 Å². The van der Waals surface area contributed by atoms with Crippen LogP contribution >= 0.6 is 0 Å². The van der Waals surface area contributed by atoms with Gasteiger partial charge in [-0.3, -0.25) is 14.2 Å². The summed E-state index contributed by atoms with van der Waals surface area (Å²) >= 11 is 0. The quantitative estimate of drug-likeness (QED) is 0.312. The zero-order chi connectivity index (χ0) is 30.0. The molecule has 2 saturated heterocycles. The third kappa shape index (κ3) is 6.76. The Morgan fingerprint density at radius 3 is 2.21 bits per heavy atom. The van der Waals surface area contributed by atoms with Gasteiger partial charge in [-0.2, -0.15) is 10.2 Å². The maximum Gasteiger partial charge on any atom is 0.410 e. The van der Waals surface area contributed by atoms with Gasteiger partial charge in [0.25, 0.3) is 0 Å². The monoisotopic (exact) mass is 582 g/mol. The standard InChI is InChI=1S/C32H38N8O3/c1-32(2,3)43-31(42)38-13-9-28(10-14-38)40-21-27(19-36-40)25-16-33-30(34-17-25)24-8-6-7-23(15-24)26-18-35-39(20-26)22-29(41)37-11-4-5-12-37/h6-8,15-21,28H,4-5,9-14,22H2,1-3H3. The fourth-order valence-electron chi connectivity index (χ4n) is 5.59. The second-order valence-electron chi connectivity index (χ2n) is 12.3. The fourth-order valence-corrected chi connectivity index (χ4v) is 5.59. The van der Waals surface area contributed by atoms with Gasteiger partial charge in [0.05, 0.1) is 18.4 Å². The van der Waals surface area contributed by atoms with E-state index in [1.165, 1.54) is 0 Å². The highest BCUT2D eigenvalue weighted by Gasteiger charge is 2.28. The number of aromatic nitrogens is 6. The molecule has 3 aromatic heterocycles. The molecular formula is C32H38N8O3. The van der Waals surface area contributed by atoms with E-state index in [1.807, 2.05) is 85.6 Å². The van der Waals surface area contributed by atoms with Crippen LogP contribution in [0.1, 0.15) is 52.5 Å². The number of ether oxygens (including phenoxy) is 1. The molecule has 6 rings (SSSR count). The van der Waals surface area contributed by atoms with Gasteiger partial charge in [-0.25, -0.2) is 14.8 Å². The van der Waals surface area contributed by atoms with E-state index in [4.69, 9.17) is 4.74 Å². The van der Waals surface area contributed by atoms with E-state index in [2.05, 4.69) is 20.2 Å². The third-order valence-electron chi connectivity index (χ3n) is 7.92. The third-order valence-corrected chi connectivity index (χ3v) is 7.92. The van der Waals surface area contributed by atoms with E-state index in [9.17, 15) is 9.59 Å². The number of benzene rings is 1. The molecule has 2 amide bonds. The summed E-state index contributed by atoms with van der Waals surface area (Å²) in [6.07, 6.45) is 14.8. The second kappa shape index (κ2) is 12.0. The van der Waals surface area contributed by atoms with Crippen molar-refractivity contribution in [2.45, 2.75) is 64.6 Å². The summed E-state index contributed by atoms with van der Waals surface area (Å²) in [4.78, 5) is 37.9. The largest absolute Gasteiger partial charge is 0.444 e. The Kier molecular flexibility index (Phi) is 7.96. The minimum atomic E-state index is -0.495. The summed E-state index contributed by atoms with van der Waals surface area (Å²) in [6, 6.07) is 8.25. The van der Waals surface area contributed by atoms with Gasteiger partial charge in [0.1, 0.15) is 12.1 Å². The van der Waals surface area contributed by atoms with Gasteiger partial charge in [-0.15, -0.1) is 0 Å². The minimum absolute atomic E-state index is 0.114. The molecule has 11 nitrogen and oxygen atoms in total. The van der Waals surface area contributed by atoms with Crippen LogP contribution in [0.25, 0.3) is 33.6 Å². The maximum atomic E-state index is 12.5. The first-order valence-corrected chi connectivity index (χ1v) is 15.0. The highest BCUT2D eigenvalue weighted by Crippen LogP contribution is 2.28. The molecule has 0 saturated carbocycles. The van der Waals surface area contributed by atoms with Crippen LogP contribution in [0.3, 0.4) is 0 Å². The zero-order valence-corrected chi connectivity index (χ0v) is 25.0. The molecular weight excluding hydrogens is 544 g/mol. The average Bonchev–Trinajstić information content (AvgIpc) is 3.79. The Morgan fingerprint density at radius 1 is 0.814 bits per heavy atom. The lowest BCUT2D eigenvalue weighted by Gasteiger charge is -2.33. The van der Waals surface area contributed by atoms with Gasteiger partial charge in [0.15, 0.2) is 5.82 Å². The van der Waals surface area contributed by atoms with E-state index < -0.39 is 5.60 Å². The van der Waals surface area contributed by atoms with Gasteiger partial charge in [0, 0.05) is 73.2 Å². The van der Waals surface area contributed by atoms with Crippen molar-refractivity contribution < 1.29 is 14.3 Å². The Morgan fingerprint density at radius 2 is 1.49 bits per heavy atom. The lowest BCUT2D eigenvalue weighted by Crippen LogP contribution is -2.42. The maximum absolute atomic E-state index is 12.5. The summed E-state index contributed by atoms with van der Waals surface area (Å²) in [7, 11) is 0. The van der Waals surface area contributed by atoms with Crippen LogP contribution in [-0.4, -0.2) is 83.1 Å². The lowest BCUT2D eigenvalue weighted by atomic mass is 10.1. The molecule has 0 unspecified atom stereocenters. The predicted octanol–water partition coefficient (Wildman–Crippen LogP) is 5.07. The molecule has 5 heterocycles. The molecule has 0 N–H and O–H groups in total. The lowest BCUT2D eigenvalue weighted by molar-refractivity contribution is -0.130. The highest BCUT2D eigenvalue weighted by atomic mass is 16.6. The smallest absolute Gasteiger partial charge is 0.410 e. The van der Waals surface area contributed by atoms with Crippen molar-refractivity contribution >= 4 is 12.0 Å². The summed E-state index contributed by atoms with van der Waals surface area (Å²) in [5.41, 5.74) is 4.18. The molecule has 0 atom stereocenters. The van der Waals surface area contributed by atoms with Crippen LogP contribution in [0.2, 0.25) is 0 Å². The summed E-state index contributed by atoms with van der Waals surface area (Å²) in [6.45, 7) is 8.87. The van der Waals surface area contributed by atoms with Crippen LogP contribution < -0.4 is 0 Å². The predicted molar refractivity (Wildman–Crippen MR) is 162 cm³/mol. The molecule has 11 heteroatoms. The van der Waals surface area contributed by atoms with Gasteiger partial charge in [-0.1, -0.05) is 18.2 Å². The van der Waals surface area contributed by atoms with E-state index >= 15 is 0 Å². The summed E-state index contributed by atoms with van der Waals surface area (Å²) < 4.78 is 9.21. The minimum Gasteiger partial charge on any atom is -0.444 e. The molecule has 2 aliphatic rings. The van der Waals surface area contributed by atoms with E-state index in [0.29, 0.717) is 18.9 Å². The van der Waals surface area contributed by atoms with Gasteiger partial charge in [0.2, 0.25) is 5.91 Å². The Hall–Kier alpha value is -4.54. The van der Waals surface area contributed by atoms with Crippen LogP contribution in [0.4, 0.5) is 4.79 Å². The van der Waals surface area contributed by atoms with Gasteiger partial charge < -0.3 is 14.5 Å². The van der Waals surface area contributed by atoms with Crippen molar-refractivity contribution in [2.75, 3.05) is 26.2 Å². The number of piperidine rings is 1. The highest BCUT2D eigenvalue weighted by molar-refractivity contribution is 5.76. The van der Waals surface area contributed by atoms with Gasteiger partial charge in [-0.05, 0) is 58.1 Å². The number of hydrogen-bond donors (Lipinski definition) is 0. The van der Waals surface area contributed by atoms with Crippen molar-refractivity contribution in [1.29, 1.82) is 0 Å². The molecule has 4 aromatic rings. The second-order valence-corrected chi connectivity index (χ2v) is 12.3. The average molecular weight is 583 g/mol. The Balaban J connectivity index is 1.08. The van der Waals surface area contributed by atoms with E-state index in [-0.39, 0.29) is 24.6 Å². The topological polar surface area (TPSA) is 111 Å². The number of hydrogen-bond acceptors (Lipinski definition) is 7. The van der Waals surface area contributed by atoms with E-state index in [0.717, 1.165) is 66.6 Å². The Bertz CT molecular complexity index is 1570. The van der Waals surface area contributed by atoms with Crippen LogP contribution in [0.5, 0.6) is 0 Å². The van der Waals surface area contributed by atoms with Gasteiger partial charge >= 0.3 is 6.09 Å². The molecule has 0 bridgehead atoms. The molecule has 43 heavy (non-hydrogen) atoms. The number of amides is 2. The summed E-state index contributed by atoms with van der Waals surface area (Å²) in [5.74, 6) is 0.743. The molecule has 0 radical (unpaired) electrons. The number of carbonyl (C=O) groups is 2. The molecule has 1 aromatic carbocycles.